The Kier molecular flexibility index (Phi) is 6.76. The Morgan fingerprint density at radius 1 is 0.750 bits per heavy atom. The van der Waals surface area contributed by atoms with Crippen LogP contribution < -0.4 is 4.90 Å². The lowest BCUT2D eigenvalue weighted by molar-refractivity contribution is 0.313. The van der Waals surface area contributed by atoms with Gasteiger partial charge in [-0.2, -0.15) is 5.10 Å². The molecule has 1 saturated heterocycles. The van der Waals surface area contributed by atoms with E-state index in [2.05, 4.69) is 109 Å². The molecule has 0 aliphatic carbocycles. The molecular weight excluding hydrogens is 496 g/mol. The van der Waals surface area contributed by atoms with Crippen molar-refractivity contribution >= 4 is 5.69 Å². The summed E-state index contributed by atoms with van der Waals surface area (Å²) < 4.78 is 7.55. The number of rotatable bonds is 5. The van der Waals surface area contributed by atoms with E-state index in [-0.39, 0.29) is 5.41 Å². The molecule has 0 saturated carbocycles. The molecule has 7 nitrogen and oxygen atoms in total. The largest absolute Gasteiger partial charge is 0.369 e. The van der Waals surface area contributed by atoms with Gasteiger partial charge in [0.15, 0.2) is 0 Å². The highest BCUT2D eigenvalue weighted by Gasteiger charge is 2.21. The number of likely N-dealkylation sites (N-methyl/N-ethyl adjacent to an activating group) is 1. The van der Waals surface area contributed by atoms with Crippen LogP contribution in [0.1, 0.15) is 32.1 Å². The highest BCUT2D eigenvalue weighted by Crippen LogP contribution is 2.31. The Labute approximate surface area is 236 Å². The van der Waals surface area contributed by atoms with Crippen molar-refractivity contribution in [2.75, 3.05) is 38.1 Å². The second kappa shape index (κ2) is 10.4. The maximum Gasteiger partial charge on any atom is 0.142 e. The van der Waals surface area contributed by atoms with Gasteiger partial charge in [0.25, 0.3) is 0 Å². The summed E-state index contributed by atoms with van der Waals surface area (Å²) in [6.07, 6.45) is 7.79. The van der Waals surface area contributed by atoms with E-state index in [0.717, 1.165) is 76.7 Å². The Hall–Kier alpha value is -4.23. The molecule has 0 radical (unpaired) electrons. The van der Waals surface area contributed by atoms with Crippen LogP contribution in [0.5, 0.6) is 0 Å². The van der Waals surface area contributed by atoms with Gasteiger partial charge in [0, 0.05) is 84.2 Å². The van der Waals surface area contributed by atoms with Crippen LogP contribution >= 0.6 is 0 Å². The molecule has 1 fully saturated rings. The van der Waals surface area contributed by atoms with Crippen LogP contribution in [0.15, 0.2) is 83.9 Å². The number of nitrogens with zero attached hydrogens (tertiary/aromatic N) is 6. The first-order valence-electron chi connectivity index (χ1n) is 13.9. The molecule has 0 atom stereocenters. The van der Waals surface area contributed by atoms with E-state index < -0.39 is 0 Å². The summed E-state index contributed by atoms with van der Waals surface area (Å²) >= 11 is 0. The van der Waals surface area contributed by atoms with E-state index in [1.807, 2.05) is 29.3 Å². The average molecular weight is 533 g/mol. The lowest BCUT2D eigenvalue weighted by Crippen LogP contribution is -2.44. The number of aromatic nitrogens is 4. The number of anilines is 1. The molecule has 4 heterocycles. The minimum Gasteiger partial charge on any atom is -0.369 e. The Balaban J connectivity index is 1.24. The van der Waals surface area contributed by atoms with Crippen molar-refractivity contribution in [2.45, 2.75) is 33.1 Å². The molecule has 1 aliphatic rings. The maximum absolute atomic E-state index is 5.63. The van der Waals surface area contributed by atoms with Gasteiger partial charge in [0.05, 0.1) is 11.9 Å². The number of pyridine rings is 1. The fraction of sp³-hybridized carbons (Fsp3) is 0.303. The standard InChI is InChI=1S/C33H36N6O/c1-23-6-7-25(30-18-32(40-36-30)33(2,3)4)17-31(23)39-22-28(21-35-39)27-16-26(19-34-20-27)24-8-10-29(11-9-24)38-14-12-37(5)13-15-38/h6-11,16-22H,12-15H2,1-5H3. The molecule has 7 heteroatoms. The van der Waals surface area contributed by atoms with E-state index in [4.69, 9.17) is 9.62 Å². The fourth-order valence-corrected chi connectivity index (χ4v) is 5.07. The Bertz CT molecular complexity index is 1620. The summed E-state index contributed by atoms with van der Waals surface area (Å²) in [7, 11) is 2.18. The van der Waals surface area contributed by atoms with E-state index in [1.165, 1.54) is 5.69 Å². The summed E-state index contributed by atoms with van der Waals surface area (Å²) in [5, 5.41) is 9.04. The van der Waals surface area contributed by atoms with Gasteiger partial charge >= 0.3 is 0 Å². The van der Waals surface area contributed by atoms with E-state index >= 15 is 0 Å². The summed E-state index contributed by atoms with van der Waals surface area (Å²) in [5.41, 5.74) is 9.45. The summed E-state index contributed by atoms with van der Waals surface area (Å²) in [6.45, 7) is 12.8. The zero-order chi connectivity index (χ0) is 27.9. The molecule has 1 aliphatic heterocycles. The highest BCUT2D eigenvalue weighted by molar-refractivity contribution is 5.73. The lowest BCUT2D eigenvalue weighted by Gasteiger charge is -2.34. The molecule has 2 aromatic carbocycles. The molecule has 0 unspecified atom stereocenters. The van der Waals surface area contributed by atoms with Crippen molar-refractivity contribution in [3.05, 3.63) is 90.7 Å². The van der Waals surface area contributed by atoms with Gasteiger partial charge in [-0.15, -0.1) is 0 Å². The first-order valence-corrected chi connectivity index (χ1v) is 13.9. The van der Waals surface area contributed by atoms with E-state index in [1.54, 1.807) is 0 Å². The molecule has 204 valence electrons. The predicted molar refractivity (Wildman–Crippen MR) is 161 cm³/mol. The smallest absolute Gasteiger partial charge is 0.142 e. The number of aryl methyl sites for hydroxylation is 1. The summed E-state index contributed by atoms with van der Waals surface area (Å²) in [4.78, 5) is 9.39. The van der Waals surface area contributed by atoms with Gasteiger partial charge in [-0.1, -0.05) is 50.2 Å². The van der Waals surface area contributed by atoms with Crippen molar-refractivity contribution in [1.82, 2.24) is 24.8 Å². The number of hydrogen-bond donors (Lipinski definition) is 0. The summed E-state index contributed by atoms with van der Waals surface area (Å²) in [6, 6.07) is 19.3. The van der Waals surface area contributed by atoms with Gasteiger partial charge in [-0.05, 0) is 49.4 Å². The quantitative estimate of drug-likeness (QED) is 0.254. The van der Waals surface area contributed by atoms with Crippen molar-refractivity contribution in [3.8, 4) is 39.2 Å². The van der Waals surface area contributed by atoms with Crippen molar-refractivity contribution in [1.29, 1.82) is 0 Å². The van der Waals surface area contributed by atoms with E-state index in [0.29, 0.717) is 0 Å². The molecule has 6 rings (SSSR count). The van der Waals surface area contributed by atoms with Crippen LogP contribution in [0.2, 0.25) is 0 Å². The average Bonchev–Trinajstić information content (AvgIpc) is 3.65. The lowest BCUT2D eigenvalue weighted by atomic mass is 9.93. The second-order valence-electron chi connectivity index (χ2n) is 11.8. The van der Waals surface area contributed by atoms with Crippen LogP contribution in [0.4, 0.5) is 5.69 Å². The zero-order valence-electron chi connectivity index (χ0n) is 23.9. The molecule has 5 aromatic rings. The van der Waals surface area contributed by atoms with Crippen LogP contribution in [0, 0.1) is 6.92 Å². The number of benzene rings is 2. The zero-order valence-corrected chi connectivity index (χ0v) is 23.9. The normalized spacial score (nSPS) is 14.6. The molecule has 40 heavy (non-hydrogen) atoms. The van der Waals surface area contributed by atoms with Crippen molar-refractivity contribution < 1.29 is 4.52 Å². The minimum atomic E-state index is -0.0924. The minimum absolute atomic E-state index is 0.0924. The van der Waals surface area contributed by atoms with Crippen LogP contribution in [-0.2, 0) is 5.41 Å². The molecule has 0 spiro atoms. The third-order valence-corrected chi connectivity index (χ3v) is 7.72. The number of hydrogen-bond acceptors (Lipinski definition) is 6. The van der Waals surface area contributed by atoms with Gasteiger partial charge < -0.3 is 14.3 Å². The highest BCUT2D eigenvalue weighted by atomic mass is 16.5. The predicted octanol–water partition coefficient (Wildman–Crippen LogP) is 6.61. The monoisotopic (exact) mass is 532 g/mol. The first-order chi connectivity index (χ1) is 19.2. The van der Waals surface area contributed by atoms with Gasteiger partial charge in [0.1, 0.15) is 11.5 Å². The fourth-order valence-electron chi connectivity index (χ4n) is 5.07. The maximum atomic E-state index is 5.63. The molecule has 0 N–H and O–H groups in total. The third kappa shape index (κ3) is 5.29. The topological polar surface area (TPSA) is 63.2 Å². The molecule has 0 bridgehead atoms. The van der Waals surface area contributed by atoms with E-state index in [9.17, 15) is 0 Å². The van der Waals surface area contributed by atoms with Crippen LogP contribution in [0.25, 0.3) is 39.2 Å². The van der Waals surface area contributed by atoms with Crippen LogP contribution in [0.3, 0.4) is 0 Å². The SMILES string of the molecule is Cc1ccc(-c2cc(C(C)(C)C)on2)cc1-n1cc(-c2cncc(-c3ccc(N4CCN(C)CC4)cc3)c2)cn1. The van der Waals surface area contributed by atoms with Gasteiger partial charge in [0.2, 0.25) is 0 Å². The van der Waals surface area contributed by atoms with Gasteiger partial charge in [-0.25, -0.2) is 4.68 Å². The first kappa shape index (κ1) is 26.0. The third-order valence-electron chi connectivity index (χ3n) is 7.72. The molecule has 0 amide bonds. The Morgan fingerprint density at radius 3 is 2.15 bits per heavy atom. The van der Waals surface area contributed by atoms with Crippen molar-refractivity contribution in [3.63, 3.8) is 0 Å². The van der Waals surface area contributed by atoms with Gasteiger partial charge in [-0.3, -0.25) is 4.98 Å². The molecule has 3 aromatic heterocycles. The van der Waals surface area contributed by atoms with Crippen LogP contribution in [-0.4, -0.2) is 58.0 Å². The Morgan fingerprint density at radius 2 is 1.45 bits per heavy atom. The second-order valence-corrected chi connectivity index (χ2v) is 11.8. The van der Waals surface area contributed by atoms with Crippen molar-refractivity contribution in [2.24, 2.45) is 0 Å². The summed E-state index contributed by atoms with van der Waals surface area (Å²) in [5.74, 6) is 0.868. The number of piperazine rings is 1. The molecular formula is C33H36N6O.